The lowest BCUT2D eigenvalue weighted by Crippen LogP contribution is -2.27. The first-order chi connectivity index (χ1) is 13.0. The number of nitrogens with zero attached hydrogens (tertiary/aromatic N) is 2. The molecule has 27 heavy (non-hydrogen) atoms. The second kappa shape index (κ2) is 8.86. The summed E-state index contributed by atoms with van der Waals surface area (Å²) >= 11 is 10.2. The van der Waals surface area contributed by atoms with Crippen molar-refractivity contribution in [2.24, 2.45) is 0 Å². The number of amides is 1. The predicted molar refractivity (Wildman–Crippen MR) is 115 cm³/mol. The molecule has 2 heterocycles. The Balaban J connectivity index is 1.86. The Bertz CT molecular complexity index is 903. The van der Waals surface area contributed by atoms with E-state index in [2.05, 4.69) is 20.9 Å². The van der Waals surface area contributed by atoms with E-state index in [1.165, 1.54) is 11.8 Å². The highest BCUT2D eigenvalue weighted by Gasteiger charge is 2.32. The number of methoxy groups -OCH3 is 1. The summed E-state index contributed by atoms with van der Waals surface area (Å²) in [5.41, 5.74) is 1.75. The van der Waals surface area contributed by atoms with Crippen LogP contribution in [0.5, 0.6) is 11.5 Å². The number of pyridine rings is 1. The maximum absolute atomic E-state index is 12.8. The highest BCUT2D eigenvalue weighted by molar-refractivity contribution is 9.10. The third kappa shape index (κ3) is 4.51. The van der Waals surface area contributed by atoms with E-state index < -0.39 is 0 Å². The third-order valence-electron chi connectivity index (χ3n) is 3.78. The first-order valence-corrected chi connectivity index (χ1v) is 10.2. The molecule has 1 aromatic carbocycles. The predicted octanol–water partition coefficient (Wildman–Crippen LogP) is 4.65. The van der Waals surface area contributed by atoms with Crippen molar-refractivity contribution in [3.8, 4) is 11.5 Å². The van der Waals surface area contributed by atoms with Gasteiger partial charge in [0.15, 0.2) is 11.5 Å². The number of rotatable bonds is 6. The maximum Gasteiger partial charge on any atom is 0.266 e. The molecule has 0 spiro atoms. The van der Waals surface area contributed by atoms with Gasteiger partial charge in [-0.3, -0.25) is 14.7 Å². The number of carbonyl (C=O) groups is 1. The van der Waals surface area contributed by atoms with Crippen LogP contribution in [0.15, 0.2) is 46.0 Å². The molecule has 0 aliphatic carbocycles. The van der Waals surface area contributed by atoms with Crippen molar-refractivity contribution in [3.05, 3.63) is 57.2 Å². The van der Waals surface area contributed by atoms with Crippen molar-refractivity contribution in [1.29, 1.82) is 0 Å². The summed E-state index contributed by atoms with van der Waals surface area (Å²) in [6.45, 7) is 2.85. The average Bonchev–Trinajstić information content (AvgIpc) is 2.92. The zero-order valence-corrected chi connectivity index (χ0v) is 18.0. The summed E-state index contributed by atoms with van der Waals surface area (Å²) in [6.07, 6.45) is 5.24. The van der Waals surface area contributed by atoms with Crippen LogP contribution in [0.25, 0.3) is 6.08 Å². The minimum absolute atomic E-state index is 0.113. The molecule has 1 aromatic heterocycles. The van der Waals surface area contributed by atoms with Gasteiger partial charge in [-0.25, -0.2) is 0 Å². The minimum atomic E-state index is -0.113. The number of benzene rings is 1. The van der Waals surface area contributed by atoms with E-state index in [1.54, 1.807) is 24.4 Å². The first-order valence-electron chi connectivity index (χ1n) is 8.18. The summed E-state index contributed by atoms with van der Waals surface area (Å²) < 4.78 is 12.3. The van der Waals surface area contributed by atoms with Crippen molar-refractivity contribution in [2.45, 2.75) is 13.5 Å². The van der Waals surface area contributed by atoms with Crippen LogP contribution in [0.4, 0.5) is 0 Å². The topological polar surface area (TPSA) is 51.7 Å². The molecule has 0 bridgehead atoms. The molecule has 1 saturated heterocycles. The molecular weight excluding hydrogens is 448 g/mol. The third-order valence-corrected chi connectivity index (χ3v) is 5.74. The second-order valence-corrected chi connectivity index (χ2v) is 8.13. The van der Waals surface area contributed by atoms with Crippen molar-refractivity contribution < 1.29 is 14.3 Å². The van der Waals surface area contributed by atoms with Crippen molar-refractivity contribution in [1.82, 2.24) is 9.88 Å². The number of hydrogen-bond acceptors (Lipinski definition) is 6. The van der Waals surface area contributed by atoms with Gasteiger partial charge < -0.3 is 9.47 Å². The van der Waals surface area contributed by atoms with E-state index >= 15 is 0 Å². The van der Waals surface area contributed by atoms with Crippen LogP contribution in [0.1, 0.15) is 18.1 Å². The fraction of sp³-hybridized carbons (Fsp3) is 0.211. The number of carbonyl (C=O) groups excluding carboxylic acids is 1. The van der Waals surface area contributed by atoms with Crippen LogP contribution < -0.4 is 9.47 Å². The lowest BCUT2D eigenvalue weighted by molar-refractivity contribution is -0.122. The highest BCUT2D eigenvalue weighted by Crippen LogP contribution is 2.39. The van der Waals surface area contributed by atoms with Gasteiger partial charge in [-0.15, -0.1) is 0 Å². The maximum atomic E-state index is 12.8. The molecule has 1 aliphatic rings. The van der Waals surface area contributed by atoms with Gasteiger partial charge >= 0.3 is 0 Å². The molecule has 8 heteroatoms. The van der Waals surface area contributed by atoms with Gasteiger partial charge in [-0.05, 0) is 58.3 Å². The van der Waals surface area contributed by atoms with Gasteiger partial charge in [0, 0.05) is 12.4 Å². The Morgan fingerprint density at radius 2 is 2.22 bits per heavy atom. The summed E-state index contributed by atoms with van der Waals surface area (Å²) in [5, 5.41) is 0. The lowest BCUT2D eigenvalue weighted by atomic mass is 10.1. The standard InChI is InChI=1S/C19H17BrN2O3S2/c1-3-25-17-14(20)7-13(8-15(17)24-2)9-16-18(23)22(19(26)27-16)11-12-5-4-6-21-10-12/h4-10H,3,11H2,1-2H3/b16-9-. The molecular formula is C19H17BrN2O3S2. The number of thiocarbonyl (C=S) groups is 1. The number of hydrogen-bond donors (Lipinski definition) is 0. The van der Waals surface area contributed by atoms with Crippen molar-refractivity contribution >= 4 is 56.2 Å². The Hall–Kier alpha value is -1.90. The summed E-state index contributed by atoms with van der Waals surface area (Å²) in [6, 6.07) is 7.49. The van der Waals surface area contributed by atoms with Gasteiger partial charge in [-0.2, -0.15) is 0 Å². The fourth-order valence-corrected chi connectivity index (χ4v) is 4.40. The second-order valence-electron chi connectivity index (χ2n) is 5.60. The summed E-state index contributed by atoms with van der Waals surface area (Å²) in [7, 11) is 1.58. The van der Waals surface area contributed by atoms with Gasteiger partial charge in [0.2, 0.25) is 0 Å². The molecule has 1 aliphatic heterocycles. The Labute approximate surface area is 175 Å². The molecule has 0 N–H and O–H groups in total. The van der Waals surface area contributed by atoms with E-state index in [9.17, 15) is 4.79 Å². The molecule has 0 unspecified atom stereocenters. The normalized spacial score (nSPS) is 15.5. The molecule has 1 amide bonds. The van der Waals surface area contributed by atoms with Crippen LogP contribution >= 0.6 is 39.9 Å². The molecule has 0 atom stereocenters. The van der Waals surface area contributed by atoms with Crippen LogP contribution in [0, 0.1) is 0 Å². The molecule has 1 fully saturated rings. The monoisotopic (exact) mass is 464 g/mol. The number of aromatic nitrogens is 1. The van der Waals surface area contributed by atoms with E-state index in [-0.39, 0.29) is 5.91 Å². The largest absolute Gasteiger partial charge is 0.493 e. The fourth-order valence-electron chi connectivity index (χ4n) is 2.57. The Kier molecular flexibility index (Phi) is 6.51. The molecule has 140 valence electrons. The van der Waals surface area contributed by atoms with E-state index in [0.717, 1.165) is 15.6 Å². The van der Waals surface area contributed by atoms with Gasteiger partial charge in [0.05, 0.1) is 29.6 Å². The smallest absolute Gasteiger partial charge is 0.266 e. The van der Waals surface area contributed by atoms with Crippen LogP contribution in [-0.2, 0) is 11.3 Å². The molecule has 5 nitrogen and oxygen atoms in total. The number of halogens is 1. The summed E-state index contributed by atoms with van der Waals surface area (Å²) in [5.74, 6) is 1.13. The molecule has 3 rings (SSSR count). The minimum Gasteiger partial charge on any atom is -0.493 e. The van der Waals surface area contributed by atoms with Gasteiger partial charge in [0.1, 0.15) is 4.32 Å². The van der Waals surface area contributed by atoms with E-state index in [4.69, 9.17) is 21.7 Å². The Morgan fingerprint density at radius 1 is 1.41 bits per heavy atom. The van der Waals surface area contributed by atoms with E-state index in [1.807, 2.05) is 37.3 Å². The highest BCUT2D eigenvalue weighted by atomic mass is 79.9. The van der Waals surface area contributed by atoms with Crippen molar-refractivity contribution in [2.75, 3.05) is 13.7 Å². The molecule has 2 aromatic rings. The van der Waals surface area contributed by atoms with Gasteiger partial charge in [-0.1, -0.05) is 30.0 Å². The SMILES string of the molecule is CCOc1c(Br)cc(/C=C2\SC(=S)N(Cc3cccnc3)C2=O)cc1OC. The van der Waals surface area contributed by atoms with E-state index in [0.29, 0.717) is 33.9 Å². The van der Waals surface area contributed by atoms with Crippen molar-refractivity contribution in [3.63, 3.8) is 0 Å². The summed E-state index contributed by atoms with van der Waals surface area (Å²) in [4.78, 5) is 19.0. The molecule has 0 saturated carbocycles. The van der Waals surface area contributed by atoms with Crippen LogP contribution in [0.3, 0.4) is 0 Å². The number of ether oxygens (including phenoxy) is 2. The zero-order chi connectivity index (χ0) is 19.4. The Morgan fingerprint density at radius 3 is 2.89 bits per heavy atom. The van der Waals surface area contributed by atoms with Gasteiger partial charge in [0.25, 0.3) is 5.91 Å². The quantitative estimate of drug-likeness (QED) is 0.457. The zero-order valence-electron chi connectivity index (χ0n) is 14.8. The number of thioether (sulfide) groups is 1. The average molecular weight is 465 g/mol. The van der Waals surface area contributed by atoms with Crippen LogP contribution in [-0.4, -0.2) is 33.8 Å². The lowest BCUT2D eigenvalue weighted by Gasteiger charge is -2.14. The van der Waals surface area contributed by atoms with Crippen LogP contribution in [0.2, 0.25) is 0 Å². The molecule has 0 radical (unpaired) electrons. The first kappa shape index (κ1) is 19.9.